The molecular formula is C11H8BrClFNS. The first-order valence-corrected chi connectivity index (χ1v) is 6.62. The van der Waals surface area contributed by atoms with Crippen LogP contribution in [0, 0.1) is 5.82 Å². The summed E-state index contributed by atoms with van der Waals surface area (Å²) in [4.78, 5) is 1.08. The number of rotatable bonds is 3. The van der Waals surface area contributed by atoms with Crippen LogP contribution in [0.25, 0.3) is 0 Å². The van der Waals surface area contributed by atoms with Crippen molar-refractivity contribution in [3.05, 3.63) is 49.8 Å². The second kappa shape index (κ2) is 5.17. The predicted octanol–water partition coefficient (Wildman–Crippen LogP) is 4.92. The highest BCUT2D eigenvalue weighted by Crippen LogP contribution is 2.23. The van der Waals surface area contributed by atoms with Crippen molar-refractivity contribution in [1.29, 1.82) is 0 Å². The van der Waals surface area contributed by atoms with Gasteiger partial charge in [0.05, 0.1) is 10.7 Å². The van der Waals surface area contributed by atoms with E-state index in [4.69, 9.17) is 11.6 Å². The molecule has 0 fully saturated rings. The van der Waals surface area contributed by atoms with E-state index in [1.54, 1.807) is 23.5 Å². The highest BCUT2D eigenvalue weighted by molar-refractivity contribution is 9.10. The zero-order valence-corrected chi connectivity index (χ0v) is 11.3. The lowest BCUT2D eigenvalue weighted by Gasteiger charge is -2.06. The first-order valence-electron chi connectivity index (χ1n) is 4.57. The predicted molar refractivity (Wildman–Crippen MR) is 70.8 cm³/mol. The maximum atomic E-state index is 13.4. The largest absolute Gasteiger partial charge is 0.378 e. The van der Waals surface area contributed by atoms with Crippen LogP contribution in [-0.4, -0.2) is 0 Å². The van der Waals surface area contributed by atoms with Crippen LogP contribution in [0.1, 0.15) is 4.88 Å². The number of anilines is 1. The summed E-state index contributed by atoms with van der Waals surface area (Å²) in [7, 11) is 0. The van der Waals surface area contributed by atoms with Crippen LogP contribution in [0.5, 0.6) is 0 Å². The highest BCUT2D eigenvalue weighted by atomic mass is 79.9. The van der Waals surface area contributed by atoms with Gasteiger partial charge < -0.3 is 5.32 Å². The summed E-state index contributed by atoms with van der Waals surface area (Å²) in [5.41, 5.74) is 0.493. The van der Waals surface area contributed by atoms with Gasteiger partial charge in [-0.1, -0.05) is 27.5 Å². The van der Waals surface area contributed by atoms with Crippen molar-refractivity contribution in [2.24, 2.45) is 0 Å². The van der Waals surface area contributed by atoms with E-state index in [1.165, 1.54) is 6.07 Å². The molecule has 0 atom stereocenters. The van der Waals surface area contributed by atoms with E-state index in [0.717, 1.165) is 14.4 Å². The molecule has 16 heavy (non-hydrogen) atoms. The SMILES string of the molecule is Fc1cc(Br)ccc1NCc1cc(Cl)cs1. The molecule has 1 N–H and O–H groups in total. The molecule has 0 saturated heterocycles. The normalized spacial score (nSPS) is 10.4. The number of hydrogen-bond donors (Lipinski definition) is 1. The standard InChI is InChI=1S/C11H8BrClFNS/c12-7-1-2-11(10(14)3-7)15-5-9-4-8(13)6-16-9/h1-4,6,15H,5H2. The summed E-state index contributed by atoms with van der Waals surface area (Å²) < 4.78 is 14.2. The average molecular weight is 321 g/mol. The molecule has 0 radical (unpaired) electrons. The van der Waals surface area contributed by atoms with E-state index in [0.29, 0.717) is 12.2 Å². The van der Waals surface area contributed by atoms with Crippen molar-refractivity contribution in [3.8, 4) is 0 Å². The molecular weight excluding hydrogens is 313 g/mol. The molecule has 84 valence electrons. The molecule has 0 unspecified atom stereocenters. The lowest BCUT2D eigenvalue weighted by atomic mass is 10.3. The van der Waals surface area contributed by atoms with Gasteiger partial charge in [0, 0.05) is 21.3 Å². The molecule has 2 rings (SSSR count). The molecule has 0 aliphatic rings. The Hall–Kier alpha value is -0.580. The summed E-state index contributed by atoms with van der Waals surface area (Å²) in [6.07, 6.45) is 0. The Morgan fingerprint density at radius 3 is 2.81 bits per heavy atom. The molecule has 0 aliphatic heterocycles. The van der Waals surface area contributed by atoms with Crippen molar-refractivity contribution in [1.82, 2.24) is 0 Å². The monoisotopic (exact) mass is 319 g/mol. The molecule has 0 saturated carbocycles. The minimum atomic E-state index is -0.267. The quantitative estimate of drug-likeness (QED) is 0.847. The fourth-order valence-corrected chi connectivity index (χ4v) is 2.61. The second-order valence-electron chi connectivity index (χ2n) is 3.21. The number of hydrogen-bond acceptors (Lipinski definition) is 2. The van der Waals surface area contributed by atoms with Crippen LogP contribution in [-0.2, 0) is 6.54 Å². The van der Waals surface area contributed by atoms with Crippen LogP contribution in [0.3, 0.4) is 0 Å². The summed E-state index contributed by atoms with van der Waals surface area (Å²) in [6, 6.07) is 6.81. The lowest BCUT2D eigenvalue weighted by Crippen LogP contribution is -1.99. The summed E-state index contributed by atoms with van der Waals surface area (Å²) in [5, 5.41) is 5.60. The number of nitrogens with one attached hydrogen (secondary N) is 1. The van der Waals surface area contributed by atoms with Crippen LogP contribution in [0.4, 0.5) is 10.1 Å². The molecule has 0 spiro atoms. The van der Waals surface area contributed by atoms with E-state index in [2.05, 4.69) is 21.2 Å². The Morgan fingerprint density at radius 1 is 1.38 bits per heavy atom. The number of thiophene rings is 1. The van der Waals surface area contributed by atoms with Gasteiger partial charge in [-0.15, -0.1) is 11.3 Å². The fraction of sp³-hybridized carbons (Fsp3) is 0.0909. The molecule has 0 amide bonds. The highest BCUT2D eigenvalue weighted by Gasteiger charge is 2.03. The lowest BCUT2D eigenvalue weighted by molar-refractivity contribution is 0.629. The van der Waals surface area contributed by atoms with E-state index in [9.17, 15) is 4.39 Å². The van der Waals surface area contributed by atoms with E-state index < -0.39 is 0 Å². The summed E-state index contributed by atoms with van der Waals surface area (Å²) in [6.45, 7) is 0.579. The Balaban J connectivity index is 2.04. The smallest absolute Gasteiger partial charge is 0.147 e. The molecule has 5 heteroatoms. The first kappa shape index (κ1) is 11.9. The van der Waals surface area contributed by atoms with Gasteiger partial charge in [-0.3, -0.25) is 0 Å². The van der Waals surface area contributed by atoms with Gasteiger partial charge in [-0.2, -0.15) is 0 Å². The molecule has 1 aromatic heterocycles. The maximum absolute atomic E-state index is 13.4. The Kier molecular flexibility index (Phi) is 3.84. The average Bonchev–Trinajstić information content (AvgIpc) is 2.63. The third-order valence-corrected chi connectivity index (χ3v) is 3.78. The van der Waals surface area contributed by atoms with Gasteiger partial charge >= 0.3 is 0 Å². The van der Waals surface area contributed by atoms with Crippen LogP contribution >= 0.6 is 38.9 Å². The fourth-order valence-electron chi connectivity index (χ4n) is 1.26. The number of halogens is 3. The van der Waals surface area contributed by atoms with Crippen molar-refractivity contribution in [3.63, 3.8) is 0 Å². The zero-order chi connectivity index (χ0) is 11.5. The zero-order valence-electron chi connectivity index (χ0n) is 8.14. The topological polar surface area (TPSA) is 12.0 Å². The van der Waals surface area contributed by atoms with Crippen molar-refractivity contribution in [2.45, 2.75) is 6.54 Å². The van der Waals surface area contributed by atoms with Gasteiger partial charge in [-0.05, 0) is 24.3 Å². The molecule has 2 aromatic rings. The van der Waals surface area contributed by atoms with Gasteiger partial charge in [0.2, 0.25) is 0 Å². The van der Waals surface area contributed by atoms with Crippen molar-refractivity contribution >= 4 is 44.6 Å². The van der Waals surface area contributed by atoms with Crippen molar-refractivity contribution < 1.29 is 4.39 Å². The Labute approximate surface area is 110 Å². The van der Waals surface area contributed by atoms with Gasteiger partial charge in [-0.25, -0.2) is 4.39 Å². The Morgan fingerprint density at radius 2 is 2.19 bits per heavy atom. The maximum Gasteiger partial charge on any atom is 0.147 e. The van der Waals surface area contributed by atoms with Crippen LogP contribution in [0.15, 0.2) is 34.1 Å². The molecule has 1 heterocycles. The molecule has 1 nitrogen and oxygen atoms in total. The number of benzene rings is 1. The molecule has 0 aliphatic carbocycles. The van der Waals surface area contributed by atoms with E-state index >= 15 is 0 Å². The van der Waals surface area contributed by atoms with Gasteiger partial charge in [0.1, 0.15) is 5.82 Å². The molecule has 1 aromatic carbocycles. The minimum absolute atomic E-state index is 0.267. The van der Waals surface area contributed by atoms with Gasteiger partial charge in [0.25, 0.3) is 0 Å². The van der Waals surface area contributed by atoms with Crippen LogP contribution in [0.2, 0.25) is 5.02 Å². The van der Waals surface area contributed by atoms with Crippen LogP contribution < -0.4 is 5.32 Å². The third-order valence-electron chi connectivity index (χ3n) is 2.01. The summed E-state index contributed by atoms with van der Waals surface area (Å²) >= 11 is 10.6. The van der Waals surface area contributed by atoms with Gasteiger partial charge in [0.15, 0.2) is 0 Å². The second-order valence-corrected chi connectivity index (χ2v) is 5.56. The minimum Gasteiger partial charge on any atom is -0.378 e. The van der Waals surface area contributed by atoms with Crippen molar-refractivity contribution in [2.75, 3.05) is 5.32 Å². The summed E-state index contributed by atoms with van der Waals surface area (Å²) in [5.74, 6) is -0.267. The first-order chi connectivity index (χ1) is 7.65. The molecule has 0 bridgehead atoms. The van der Waals surface area contributed by atoms with E-state index in [1.807, 2.05) is 11.4 Å². The third kappa shape index (κ3) is 2.97. The van der Waals surface area contributed by atoms with E-state index in [-0.39, 0.29) is 5.82 Å². The Bertz CT molecular complexity index is 500.